The molecule has 1 heterocycles. The first kappa shape index (κ1) is 19.0. The van der Waals surface area contributed by atoms with Gasteiger partial charge in [0, 0.05) is 36.8 Å². The van der Waals surface area contributed by atoms with Crippen LogP contribution in [0.2, 0.25) is 10.0 Å². The molecule has 1 atom stereocenters. The van der Waals surface area contributed by atoms with Crippen molar-refractivity contribution in [3.8, 4) is 0 Å². The largest absolute Gasteiger partial charge is 0.367 e. The fraction of sp³-hybridized carbons (Fsp3) is 0.350. The van der Waals surface area contributed by atoms with Crippen molar-refractivity contribution in [3.05, 3.63) is 64.1 Å². The van der Waals surface area contributed by atoms with Crippen LogP contribution in [0.5, 0.6) is 0 Å². The highest BCUT2D eigenvalue weighted by atomic mass is 35.5. The zero-order valence-electron chi connectivity index (χ0n) is 14.9. The maximum Gasteiger partial charge on any atom is 0.277 e. The van der Waals surface area contributed by atoms with Gasteiger partial charge < -0.3 is 15.1 Å². The predicted molar refractivity (Wildman–Crippen MR) is 107 cm³/mol. The van der Waals surface area contributed by atoms with Gasteiger partial charge in [-0.1, -0.05) is 47.5 Å². The second kappa shape index (κ2) is 8.76. The van der Waals surface area contributed by atoms with Gasteiger partial charge in [-0.15, -0.1) is 0 Å². The molecule has 0 aromatic heterocycles. The Morgan fingerprint density at radius 3 is 2.50 bits per heavy atom. The van der Waals surface area contributed by atoms with Crippen LogP contribution in [0, 0.1) is 0 Å². The molecule has 2 aromatic rings. The molecule has 2 aromatic carbocycles. The van der Waals surface area contributed by atoms with Gasteiger partial charge in [-0.05, 0) is 31.2 Å². The molecule has 6 heteroatoms. The highest BCUT2D eigenvalue weighted by Gasteiger charge is 2.23. The molecule has 2 N–H and O–H groups in total. The van der Waals surface area contributed by atoms with Gasteiger partial charge in [-0.3, -0.25) is 4.79 Å². The molecule has 1 amide bonds. The molecule has 1 aliphatic heterocycles. The number of carbonyl (C=O) groups is 1. The Kier molecular flexibility index (Phi) is 6.41. The summed E-state index contributed by atoms with van der Waals surface area (Å²) in [4.78, 5) is 16.7. The molecular formula is C20H24Cl2N3O+. The lowest BCUT2D eigenvalue weighted by Gasteiger charge is -2.36. The van der Waals surface area contributed by atoms with Crippen LogP contribution in [0.15, 0.2) is 48.5 Å². The fourth-order valence-corrected chi connectivity index (χ4v) is 3.69. The summed E-state index contributed by atoms with van der Waals surface area (Å²) in [5, 5.41) is 3.55. The molecular weight excluding hydrogens is 369 g/mol. The summed E-state index contributed by atoms with van der Waals surface area (Å²) in [6.07, 6.45) is 0. The van der Waals surface area contributed by atoms with Crippen LogP contribution in [0.1, 0.15) is 18.5 Å². The van der Waals surface area contributed by atoms with Gasteiger partial charge >= 0.3 is 0 Å². The number of halogens is 2. The van der Waals surface area contributed by atoms with E-state index in [1.807, 2.05) is 53.4 Å². The van der Waals surface area contributed by atoms with Gasteiger partial charge in [0.05, 0.1) is 10.7 Å². The van der Waals surface area contributed by atoms with Crippen molar-refractivity contribution in [2.45, 2.75) is 13.0 Å². The predicted octanol–water partition coefficient (Wildman–Crippen LogP) is 2.97. The minimum Gasteiger partial charge on any atom is -0.367 e. The molecule has 0 unspecified atom stereocenters. The third-order valence-corrected chi connectivity index (χ3v) is 5.40. The highest BCUT2D eigenvalue weighted by Crippen LogP contribution is 2.26. The highest BCUT2D eigenvalue weighted by molar-refractivity contribution is 6.33. The van der Waals surface area contributed by atoms with Crippen LogP contribution in [-0.4, -0.2) is 43.5 Å². The Morgan fingerprint density at radius 1 is 1.08 bits per heavy atom. The Labute approximate surface area is 164 Å². The topological polar surface area (TPSA) is 40.2 Å². The first-order chi connectivity index (χ1) is 12.5. The molecule has 4 nitrogen and oxygen atoms in total. The summed E-state index contributed by atoms with van der Waals surface area (Å²) >= 11 is 12.3. The Bertz CT molecular complexity index is 760. The average Bonchev–Trinajstić information content (AvgIpc) is 2.66. The monoisotopic (exact) mass is 392 g/mol. The first-order valence-electron chi connectivity index (χ1n) is 8.90. The van der Waals surface area contributed by atoms with Crippen molar-refractivity contribution < 1.29 is 10.1 Å². The second-order valence-corrected chi connectivity index (χ2v) is 7.45. The van der Waals surface area contributed by atoms with Crippen LogP contribution in [0.25, 0.3) is 0 Å². The number of anilines is 1. The van der Waals surface area contributed by atoms with E-state index in [1.165, 1.54) is 0 Å². The van der Waals surface area contributed by atoms with Gasteiger partial charge in [0.1, 0.15) is 6.04 Å². The number of para-hydroxylation sites is 1. The molecule has 1 aliphatic rings. The van der Waals surface area contributed by atoms with Gasteiger partial charge in [-0.25, -0.2) is 0 Å². The van der Waals surface area contributed by atoms with Gasteiger partial charge in [0.2, 0.25) is 0 Å². The van der Waals surface area contributed by atoms with E-state index in [0.29, 0.717) is 6.54 Å². The third-order valence-electron chi connectivity index (χ3n) is 4.85. The molecule has 26 heavy (non-hydrogen) atoms. The van der Waals surface area contributed by atoms with E-state index in [2.05, 4.69) is 17.1 Å². The van der Waals surface area contributed by atoms with Gasteiger partial charge in [-0.2, -0.15) is 0 Å². The summed E-state index contributed by atoms with van der Waals surface area (Å²) in [6.45, 7) is 5.60. The van der Waals surface area contributed by atoms with Crippen molar-refractivity contribution in [1.82, 2.24) is 4.90 Å². The van der Waals surface area contributed by atoms with E-state index in [-0.39, 0.29) is 11.9 Å². The molecule has 0 bridgehead atoms. The maximum absolute atomic E-state index is 12.5. The van der Waals surface area contributed by atoms with E-state index in [0.717, 1.165) is 47.5 Å². The van der Waals surface area contributed by atoms with E-state index in [4.69, 9.17) is 23.2 Å². The maximum atomic E-state index is 12.5. The molecule has 0 spiro atoms. The summed E-state index contributed by atoms with van der Waals surface area (Å²) in [7, 11) is 0. The minimum absolute atomic E-state index is 0.178. The van der Waals surface area contributed by atoms with Crippen molar-refractivity contribution in [2.75, 3.05) is 37.6 Å². The molecule has 0 aliphatic carbocycles. The van der Waals surface area contributed by atoms with E-state index in [9.17, 15) is 4.79 Å². The molecule has 0 radical (unpaired) electrons. The lowest BCUT2D eigenvalue weighted by Crippen LogP contribution is -2.87. The lowest BCUT2D eigenvalue weighted by molar-refractivity contribution is -0.683. The summed E-state index contributed by atoms with van der Waals surface area (Å²) < 4.78 is 0. The van der Waals surface area contributed by atoms with E-state index < -0.39 is 0 Å². The number of hydrogen-bond donors (Lipinski definition) is 1. The zero-order valence-corrected chi connectivity index (χ0v) is 16.4. The molecule has 1 fully saturated rings. The Hall–Kier alpha value is -1.75. The summed E-state index contributed by atoms with van der Waals surface area (Å²) in [6, 6.07) is 15.9. The number of piperazine rings is 1. The smallest absolute Gasteiger partial charge is 0.277 e. The number of carbonyl (C=O) groups excluding carboxylic acids is 1. The van der Waals surface area contributed by atoms with E-state index in [1.54, 1.807) is 0 Å². The minimum atomic E-state index is 0.178. The number of quaternary nitrogens is 1. The van der Waals surface area contributed by atoms with Crippen LogP contribution < -0.4 is 10.2 Å². The molecule has 3 rings (SSSR count). The van der Waals surface area contributed by atoms with Crippen LogP contribution >= 0.6 is 23.2 Å². The number of nitrogens with two attached hydrogens (primary N) is 1. The van der Waals surface area contributed by atoms with E-state index >= 15 is 0 Å². The van der Waals surface area contributed by atoms with Crippen molar-refractivity contribution in [2.24, 2.45) is 0 Å². The Balaban J connectivity index is 1.49. The SMILES string of the molecule is C[C@@H]([NH2+]CC(=O)N1CCN(c2ccccc2Cl)CC1)c1cccc(Cl)c1. The van der Waals surface area contributed by atoms with Gasteiger partial charge in [0.25, 0.3) is 5.91 Å². The van der Waals surface area contributed by atoms with Crippen molar-refractivity contribution >= 4 is 34.8 Å². The molecule has 0 saturated carbocycles. The number of nitrogens with zero attached hydrogens (tertiary/aromatic N) is 2. The number of amides is 1. The van der Waals surface area contributed by atoms with Gasteiger partial charge in [0.15, 0.2) is 6.54 Å². The van der Waals surface area contributed by atoms with Crippen LogP contribution in [0.3, 0.4) is 0 Å². The van der Waals surface area contributed by atoms with Crippen LogP contribution in [0.4, 0.5) is 5.69 Å². The van der Waals surface area contributed by atoms with Crippen LogP contribution in [-0.2, 0) is 4.79 Å². The third kappa shape index (κ3) is 4.70. The number of benzene rings is 2. The van der Waals surface area contributed by atoms with Crippen molar-refractivity contribution in [3.63, 3.8) is 0 Å². The quantitative estimate of drug-likeness (QED) is 0.849. The molecule has 138 valence electrons. The van der Waals surface area contributed by atoms with Crippen molar-refractivity contribution in [1.29, 1.82) is 0 Å². The normalized spacial score (nSPS) is 15.8. The standard InChI is InChI=1S/C20H23Cl2N3O/c1-15(16-5-4-6-17(21)13-16)23-14-20(26)25-11-9-24(10-12-25)19-8-3-2-7-18(19)22/h2-8,13,15,23H,9-12,14H2,1H3/p+1/t15-/m1/s1. The zero-order chi connectivity index (χ0) is 18.5. The molecule has 1 saturated heterocycles. The Morgan fingerprint density at radius 2 is 1.81 bits per heavy atom. The second-order valence-electron chi connectivity index (χ2n) is 6.60. The number of hydrogen-bond acceptors (Lipinski definition) is 2. The first-order valence-corrected chi connectivity index (χ1v) is 9.66. The number of rotatable bonds is 5. The summed E-state index contributed by atoms with van der Waals surface area (Å²) in [5.74, 6) is 0.178. The summed E-state index contributed by atoms with van der Waals surface area (Å²) in [5.41, 5.74) is 2.18. The average molecular weight is 393 g/mol. The lowest BCUT2D eigenvalue weighted by atomic mass is 10.1. The fourth-order valence-electron chi connectivity index (χ4n) is 3.24.